The van der Waals surface area contributed by atoms with Crippen LogP contribution in [-0.2, 0) is 6.18 Å². The summed E-state index contributed by atoms with van der Waals surface area (Å²) < 4.78 is 44.4. The van der Waals surface area contributed by atoms with Gasteiger partial charge in [0.25, 0.3) is 5.91 Å². The van der Waals surface area contributed by atoms with Gasteiger partial charge in [-0.05, 0) is 42.5 Å². The summed E-state index contributed by atoms with van der Waals surface area (Å²) >= 11 is 12.0. The van der Waals surface area contributed by atoms with Crippen LogP contribution in [0.3, 0.4) is 0 Å². The molecular weight excluding hydrogens is 416 g/mol. The summed E-state index contributed by atoms with van der Waals surface area (Å²) in [5.74, 6) is -0.313. The van der Waals surface area contributed by atoms with Crippen LogP contribution in [-0.4, -0.2) is 12.1 Å². The zero-order chi connectivity index (χ0) is 20.3. The number of carbonyl (C=O) groups excluding carboxylic acids is 1. The van der Waals surface area contributed by atoms with Crippen LogP contribution in [0.25, 0.3) is 11.3 Å². The van der Waals surface area contributed by atoms with Gasteiger partial charge in [-0.1, -0.05) is 35.3 Å². The lowest BCUT2D eigenvalue weighted by Gasteiger charge is -2.10. The molecule has 0 aliphatic rings. The third kappa shape index (κ3) is 4.55. The third-order valence-corrected chi connectivity index (χ3v) is 4.22. The Kier molecular flexibility index (Phi) is 5.76. The molecule has 3 rings (SSSR count). The molecule has 0 saturated carbocycles. The monoisotopic (exact) mass is 426 g/mol. The molecule has 1 heterocycles. The van der Waals surface area contributed by atoms with Crippen molar-refractivity contribution in [2.75, 3.05) is 0 Å². The van der Waals surface area contributed by atoms with E-state index in [2.05, 4.69) is 10.5 Å². The van der Waals surface area contributed by atoms with Gasteiger partial charge in [0.15, 0.2) is 0 Å². The summed E-state index contributed by atoms with van der Waals surface area (Å²) in [4.78, 5) is 12.0. The van der Waals surface area contributed by atoms with Crippen LogP contribution >= 0.6 is 23.2 Å². The Labute approximate surface area is 167 Å². The van der Waals surface area contributed by atoms with E-state index in [0.29, 0.717) is 21.4 Å². The lowest BCUT2D eigenvalue weighted by Crippen LogP contribution is -2.22. The van der Waals surface area contributed by atoms with Gasteiger partial charge in [0.05, 0.1) is 22.4 Å². The zero-order valence-corrected chi connectivity index (χ0v) is 15.4. The van der Waals surface area contributed by atoms with Gasteiger partial charge in [0, 0.05) is 10.6 Å². The van der Waals surface area contributed by atoms with E-state index in [9.17, 15) is 18.0 Å². The predicted molar refractivity (Wildman–Crippen MR) is 101 cm³/mol. The number of furan rings is 1. The molecule has 0 fully saturated rings. The Morgan fingerprint density at radius 1 is 1.07 bits per heavy atom. The molecule has 0 atom stereocenters. The van der Waals surface area contributed by atoms with Crippen LogP contribution in [0.5, 0.6) is 0 Å². The minimum Gasteiger partial charge on any atom is -0.455 e. The van der Waals surface area contributed by atoms with E-state index < -0.39 is 23.2 Å². The van der Waals surface area contributed by atoms with Gasteiger partial charge in [-0.2, -0.15) is 18.3 Å². The molecule has 1 N–H and O–H groups in total. The third-order valence-electron chi connectivity index (χ3n) is 3.66. The van der Waals surface area contributed by atoms with Crippen molar-refractivity contribution >= 4 is 35.3 Å². The summed E-state index contributed by atoms with van der Waals surface area (Å²) in [6.07, 6.45) is -3.49. The maximum atomic E-state index is 13.0. The normalized spacial score (nSPS) is 11.8. The van der Waals surface area contributed by atoms with Crippen molar-refractivity contribution in [2.45, 2.75) is 6.18 Å². The second kappa shape index (κ2) is 8.08. The summed E-state index contributed by atoms with van der Waals surface area (Å²) in [5.41, 5.74) is 1.05. The number of carbonyl (C=O) groups is 1. The van der Waals surface area contributed by atoms with Gasteiger partial charge in [-0.15, -0.1) is 0 Å². The number of nitrogens with one attached hydrogen (secondary N) is 1. The first-order chi connectivity index (χ1) is 13.3. The number of nitrogens with zero attached hydrogens (tertiary/aromatic N) is 1. The van der Waals surface area contributed by atoms with Crippen LogP contribution in [0.1, 0.15) is 21.7 Å². The number of benzene rings is 2. The van der Waals surface area contributed by atoms with Crippen molar-refractivity contribution in [3.05, 3.63) is 81.5 Å². The zero-order valence-electron chi connectivity index (χ0n) is 13.9. The Morgan fingerprint density at radius 2 is 1.82 bits per heavy atom. The molecule has 144 valence electrons. The molecule has 0 bridgehead atoms. The number of amides is 1. The van der Waals surface area contributed by atoms with Gasteiger partial charge in [-0.25, -0.2) is 5.43 Å². The molecule has 0 aliphatic carbocycles. The molecule has 28 heavy (non-hydrogen) atoms. The van der Waals surface area contributed by atoms with Crippen LogP contribution in [0.15, 0.2) is 64.1 Å². The highest BCUT2D eigenvalue weighted by Crippen LogP contribution is 2.32. The van der Waals surface area contributed by atoms with Crippen molar-refractivity contribution in [3.8, 4) is 11.3 Å². The highest BCUT2D eigenvalue weighted by atomic mass is 35.5. The number of alkyl halides is 3. The van der Waals surface area contributed by atoms with E-state index in [-0.39, 0.29) is 5.76 Å². The second-order valence-electron chi connectivity index (χ2n) is 5.57. The first kappa shape index (κ1) is 20.0. The van der Waals surface area contributed by atoms with E-state index in [1.54, 1.807) is 30.3 Å². The van der Waals surface area contributed by atoms with Crippen molar-refractivity contribution in [3.63, 3.8) is 0 Å². The summed E-state index contributed by atoms with van der Waals surface area (Å²) in [7, 11) is 0. The quantitative estimate of drug-likeness (QED) is 0.408. The van der Waals surface area contributed by atoms with Gasteiger partial charge in [0.2, 0.25) is 0 Å². The largest absolute Gasteiger partial charge is 0.455 e. The smallest absolute Gasteiger partial charge is 0.417 e. The average molecular weight is 427 g/mol. The lowest BCUT2D eigenvalue weighted by molar-refractivity contribution is -0.137. The van der Waals surface area contributed by atoms with Gasteiger partial charge in [-0.3, -0.25) is 4.79 Å². The number of rotatable bonds is 4. The fraction of sp³-hybridized carbons (Fsp3) is 0.0526. The molecule has 4 nitrogen and oxygen atoms in total. The molecule has 9 heteroatoms. The maximum absolute atomic E-state index is 13.0. The number of hydrogen-bond acceptors (Lipinski definition) is 3. The lowest BCUT2D eigenvalue weighted by atomic mass is 10.1. The van der Waals surface area contributed by atoms with E-state index in [4.69, 9.17) is 27.6 Å². The fourth-order valence-electron chi connectivity index (χ4n) is 2.40. The SMILES string of the molecule is O=C(N/N=C/c1ccc(-c2cc(Cl)ccc2Cl)o1)c1ccccc1C(F)(F)F. The van der Waals surface area contributed by atoms with Gasteiger partial charge < -0.3 is 4.42 Å². The van der Waals surface area contributed by atoms with E-state index >= 15 is 0 Å². The standard InChI is InChI=1S/C19H11Cl2F3N2O2/c20-11-5-7-16(21)14(9-11)17-8-6-12(28-17)10-25-26-18(27)13-3-1-2-4-15(13)19(22,23)24/h1-10H,(H,26,27)/b25-10+. The number of hydrazone groups is 1. The van der Waals surface area contributed by atoms with Crippen LogP contribution < -0.4 is 5.43 Å². The van der Waals surface area contributed by atoms with Crippen molar-refractivity contribution in [1.29, 1.82) is 0 Å². The Morgan fingerprint density at radius 3 is 2.57 bits per heavy atom. The molecule has 1 amide bonds. The highest BCUT2D eigenvalue weighted by molar-refractivity contribution is 6.35. The number of hydrogen-bond donors (Lipinski definition) is 1. The highest BCUT2D eigenvalue weighted by Gasteiger charge is 2.34. The Hall–Kier alpha value is -2.77. The first-order valence-electron chi connectivity index (χ1n) is 7.80. The summed E-state index contributed by atoms with van der Waals surface area (Å²) in [6, 6.07) is 12.5. The van der Waals surface area contributed by atoms with E-state index in [1.165, 1.54) is 12.1 Å². The van der Waals surface area contributed by atoms with Crippen molar-refractivity contribution in [2.24, 2.45) is 5.10 Å². The molecule has 0 radical (unpaired) electrons. The fourth-order valence-corrected chi connectivity index (χ4v) is 2.78. The minimum absolute atomic E-state index is 0.260. The summed E-state index contributed by atoms with van der Waals surface area (Å²) in [5, 5.41) is 4.55. The molecule has 3 aromatic rings. The molecular formula is C19H11Cl2F3N2O2. The summed E-state index contributed by atoms with van der Waals surface area (Å²) in [6.45, 7) is 0. The molecule has 0 unspecified atom stereocenters. The topological polar surface area (TPSA) is 54.6 Å². The van der Waals surface area contributed by atoms with Gasteiger partial charge in [0.1, 0.15) is 11.5 Å². The van der Waals surface area contributed by atoms with Crippen LogP contribution in [0.4, 0.5) is 13.2 Å². The molecule has 0 saturated heterocycles. The Balaban J connectivity index is 1.74. The first-order valence-corrected chi connectivity index (χ1v) is 8.56. The average Bonchev–Trinajstić information content (AvgIpc) is 3.11. The van der Waals surface area contributed by atoms with Crippen LogP contribution in [0.2, 0.25) is 10.0 Å². The van der Waals surface area contributed by atoms with Gasteiger partial charge >= 0.3 is 6.18 Å². The minimum atomic E-state index is -4.65. The van der Waals surface area contributed by atoms with E-state index in [0.717, 1.165) is 18.3 Å². The predicted octanol–water partition coefficient (Wildman–Crippen LogP) is 6.04. The number of halogens is 5. The maximum Gasteiger partial charge on any atom is 0.417 e. The molecule has 2 aromatic carbocycles. The molecule has 0 aliphatic heterocycles. The Bertz CT molecular complexity index is 1050. The second-order valence-corrected chi connectivity index (χ2v) is 6.41. The molecule has 1 aromatic heterocycles. The van der Waals surface area contributed by atoms with Crippen LogP contribution in [0, 0.1) is 0 Å². The van der Waals surface area contributed by atoms with Crippen molar-refractivity contribution in [1.82, 2.24) is 5.43 Å². The molecule has 0 spiro atoms. The van der Waals surface area contributed by atoms with E-state index in [1.807, 2.05) is 0 Å². The van der Waals surface area contributed by atoms with Crippen molar-refractivity contribution < 1.29 is 22.4 Å².